The van der Waals surface area contributed by atoms with Gasteiger partial charge in [0.2, 0.25) is 5.91 Å². The third-order valence-corrected chi connectivity index (χ3v) is 1.81. The van der Waals surface area contributed by atoms with E-state index in [4.69, 9.17) is 18.0 Å². The first-order valence-electron chi connectivity index (χ1n) is 3.99. The predicted molar refractivity (Wildman–Crippen MR) is 56.1 cm³/mol. The van der Waals surface area contributed by atoms with Crippen molar-refractivity contribution in [3.63, 3.8) is 0 Å². The zero-order valence-electron chi connectivity index (χ0n) is 7.67. The average molecular weight is 209 g/mol. The number of aromatic nitrogens is 1. The number of nitrogens with zero attached hydrogens (tertiary/aromatic N) is 1. The lowest BCUT2D eigenvalue weighted by Gasteiger charge is -2.05. The molecule has 0 atom stereocenters. The molecule has 0 saturated carbocycles. The van der Waals surface area contributed by atoms with E-state index in [1.165, 1.54) is 0 Å². The molecule has 0 saturated heterocycles. The molecular weight excluding hydrogens is 200 g/mol. The van der Waals surface area contributed by atoms with Crippen LogP contribution in [-0.4, -0.2) is 10.9 Å². The number of halogens is 1. The minimum Gasteiger partial charge on any atom is -0.323 e. The fourth-order valence-electron chi connectivity index (χ4n) is 0.927. The maximum Gasteiger partial charge on any atom is 0.236 e. The number of carbonyl (C=O) groups is 1. The molecule has 0 unspecified atom stereocenters. The van der Waals surface area contributed by atoms with Gasteiger partial charge >= 0.3 is 0 Å². The molecule has 1 rings (SSSR count). The molecule has 72 valence electrons. The van der Waals surface area contributed by atoms with E-state index < -0.39 is 0 Å². The Labute approximate surface area is 87.5 Å². The highest BCUT2D eigenvalue weighted by Gasteiger charge is 2.05. The van der Waals surface area contributed by atoms with Gasteiger partial charge < -0.3 is 5.32 Å². The van der Waals surface area contributed by atoms with Crippen LogP contribution in [0.4, 0.5) is 5.69 Å². The van der Waals surface area contributed by atoms with E-state index >= 15 is 0 Å². The zero-order chi connectivity index (χ0) is 10.6. The third kappa shape index (κ3) is 2.75. The van der Waals surface area contributed by atoms with Gasteiger partial charge in [-0.15, -0.1) is 6.42 Å². The van der Waals surface area contributed by atoms with Crippen molar-refractivity contribution in [3.05, 3.63) is 23.0 Å². The first-order chi connectivity index (χ1) is 6.63. The van der Waals surface area contributed by atoms with Gasteiger partial charge in [0.05, 0.1) is 12.1 Å². The van der Waals surface area contributed by atoms with Gasteiger partial charge in [-0.25, -0.2) is 4.98 Å². The van der Waals surface area contributed by atoms with Crippen LogP contribution in [-0.2, 0) is 4.79 Å². The predicted octanol–water partition coefficient (Wildman–Crippen LogP) is 2.01. The molecule has 1 aromatic rings. The summed E-state index contributed by atoms with van der Waals surface area (Å²) in [7, 11) is 0. The summed E-state index contributed by atoms with van der Waals surface area (Å²) >= 11 is 5.76. The summed E-state index contributed by atoms with van der Waals surface area (Å²) in [6, 6.07) is 1.74. The standard InChI is InChI=1S/C10H9ClN2O/c1-3-4-9(14)13-8-5-7(2)6-12-10(8)11/h1,5-6H,4H2,2H3,(H,13,14). The van der Waals surface area contributed by atoms with Crippen molar-refractivity contribution in [2.24, 2.45) is 0 Å². The Bertz CT molecular complexity index is 396. The van der Waals surface area contributed by atoms with Crippen molar-refractivity contribution in [2.75, 3.05) is 5.32 Å². The smallest absolute Gasteiger partial charge is 0.236 e. The molecule has 1 aromatic heterocycles. The monoisotopic (exact) mass is 208 g/mol. The van der Waals surface area contributed by atoms with Crippen molar-refractivity contribution >= 4 is 23.2 Å². The molecule has 4 heteroatoms. The molecule has 1 N–H and O–H groups in total. The largest absolute Gasteiger partial charge is 0.323 e. The van der Waals surface area contributed by atoms with E-state index in [-0.39, 0.29) is 17.5 Å². The van der Waals surface area contributed by atoms with Gasteiger partial charge in [0.1, 0.15) is 0 Å². The summed E-state index contributed by atoms with van der Waals surface area (Å²) in [6.45, 7) is 1.86. The van der Waals surface area contributed by atoms with E-state index in [1.54, 1.807) is 12.3 Å². The Balaban J connectivity index is 2.81. The quantitative estimate of drug-likeness (QED) is 0.597. The Hall–Kier alpha value is -1.53. The highest BCUT2D eigenvalue weighted by molar-refractivity contribution is 6.32. The lowest BCUT2D eigenvalue weighted by molar-refractivity contribution is -0.115. The molecule has 0 bridgehead atoms. The first kappa shape index (κ1) is 10.6. The molecule has 0 spiro atoms. The fraction of sp³-hybridized carbons (Fsp3) is 0.200. The summed E-state index contributed by atoms with van der Waals surface area (Å²) in [5.74, 6) is 1.98. The molecule has 0 aliphatic rings. The van der Waals surface area contributed by atoms with Gasteiger partial charge in [0, 0.05) is 6.20 Å². The number of pyridine rings is 1. The van der Waals surface area contributed by atoms with Crippen LogP contribution in [0.25, 0.3) is 0 Å². The Morgan fingerprint density at radius 3 is 3.14 bits per heavy atom. The fourth-order valence-corrected chi connectivity index (χ4v) is 1.08. The second-order valence-corrected chi connectivity index (χ2v) is 3.14. The van der Waals surface area contributed by atoms with Crippen LogP contribution in [0.5, 0.6) is 0 Å². The molecule has 0 radical (unpaired) electrons. The van der Waals surface area contributed by atoms with Crippen molar-refractivity contribution in [1.82, 2.24) is 4.98 Å². The highest BCUT2D eigenvalue weighted by atomic mass is 35.5. The summed E-state index contributed by atoms with van der Waals surface area (Å²) in [6.07, 6.45) is 6.65. The van der Waals surface area contributed by atoms with Crippen molar-refractivity contribution in [2.45, 2.75) is 13.3 Å². The van der Waals surface area contributed by atoms with E-state index in [9.17, 15) is 4.79 Å². The molecule has 1 heterocycles. The number of anilines is 1. The van der Waals surface area contributed by atoms with Gasteiger partial charge in [-0.2, -0.15) is 0 Å². The summed E-state index contributed by atoms with van der Waals surface area (Å²) < 4.78 is 0. The number of nitrogens with one attached hydrogen (secondary N) is 1. The Morgan fingerprint density at radius 1 is 1.79 bits per heavy atom. The van der Waals surface area contributed by atoms with Crippen molar-refractivity contribution < 1.29 is 4.79 Å². The zero-order valence-corrected chi connectivity index (χ0v) is 8.43. The van der Waals surface area contributed by atoms with Gasteiger partial charge in [-0.3, -0.25) is 4.79 Å². The highest BCUT2D eigenvalue weighted by Crippen LogP contribution is 2.19. The SMILES string of the molecule is C#CCC(=O)Nc1cc(C)cnc1Cl. The number of hydrogen-bond donors (Lipinski definition) is 1. The lowest BCUT2D eigenvalue weighted by atomic mass is 10.3. The van der Waals surface area contributed by atoms with Crippen LogP contribution in [0.2, 0.25) is 5.15 Å². The molecule has 3 nitrogen and oxygen atoms in total. The maximum absolute atomic E-state index is 11.1. The van der Waals surface area contributed by atoms with E-state index in [2.05, 4.69) is 16.2 Å². The molecule has 0 aliphatic carbocycles. The van der Waals surface area contributed by atoms with Crippen molar-refractivity contribution in [1.29, 1.82) is 0 Å². The molecule has 0 fully saturated rings. The topological polar surface area (TPSA) is 42.0 Å². The second kappa shape index (κ2) is 4.64. The third-order valence-electron chi connectivity index (χ3n) is 1.51. The van der Waals surface area contributed by atoms with E-state index in [1.807, 2.05) is 6.92 Å². The average Bonchev–Trinajstić information content (AvgIpc) is 2.12. The molecule has 0 aromatic carbocycles. The van der Waals surface area contributed by atoms with Gasteiger partial charge in [0.15, 0.2) is 5.15 Å². The number of hydrogen-bond acceptors (Lipinski definition) is 2. The minimum absolute atomic E-state index is 0.0320. The molecule has 0 aliphatic heterocycles. The minimum atomic E-state index is -0.262. The van der Waals surface area contributed by atoms with Crippen LogP contribution < -0.4 is 5.32 Å². The normalized spacial score (nSPS) is 9.21. The number of rotatable bonds is 2. The molecule has 1 amide bonds. The lowest BCUT2D eigenvalue weighted by Crippen LogP contribution is -2.10. The number of amides is 1. The van der Waals surface area contributed by atoms with E-state index in [0.29, 0.717) is 5.69 Å². The number of carbonyl (C=O) groups excluding carboxylic acids is 1. The number of aryl methyl sites for hydroxylation is 1. The molecule has 14 heavy (non-hydrogen) atoms. The number of terminal acetylenes is 1. The van der Waals surface area contributed by atoms with Crippen LogP contribution in [0.3, 0.4) is 0 Å². The Morgan fingerprint density at radius 2 is 2.50 bits per heavy atom. The van der Waals surface area contributed by atoms with Crippen LogP contribution in [0.15, 0.2) is 12.3 Å². The molecular formula is C10H9ClN2O. The van der Waals surface area contributed by atoms with Gasteiger partial charge in [-0.05, 0) is 18.6 Å². The van der Waals surface area contributed by atoms with Gasteiger partial charge in [0.25, 0.3) is 0 Å². The van der Waals surface area contributed by atoms with Crippen LogP contribution in [0.1, 0.15) is 12.0 Å². The van der Waals surface area contributed by atoms with Crippen LogP contribution >= 0.6 is 11.6 Å². The summed E-state index contributed by atoms with van der Waals surface area (Å²) in [4.78, 5) is 15.0. The Kier molecular flexibility index (Phi) is 3.49. The maximum atomic E-state index is 11.1. The van der Waals surface area contributed by atoms with Gasteiger partial charge in [-0.1, -0.05) is 17.5 Å². The summed E-state index contributed by atoms with van der Waals surface area (Å²) in [5.41, 5.74) is 1.41. The van der Waals surface area contributed by atoms with Crippen molar-refractivity contribution in [3.8, 4) is 12.3 Å². The first-order valence-corrected chi connectivity index (χ1v) is 4.36. The second-order valence-electron chi connectivity index (χ2n) is 2.78. The summed E-state index contributed by atoms with van der Waals surface area (Å²) in [5, 5.41) is 2.84. The van der Waals surface area contributed by atoms with Crippen LogP contribution in [0, 0.1) is 19.3 Å². The van der Waals surface area contributed by atoms with E-state index in [0.717, 1.165) is 5.56 Å².